The fourth-order valence-corrected chi connectivity index (χ4v) is 6.25. The number of methoxy groups -OCH3 is 1. The summed E-state index contributed by atoms with van der Waals surface area (Å²) in [6, 6.07) is 21.3. The van der Waals surface area contributed by atoms with Gasteiger partial charge in [-0.25, -0.2) is 8.42 Å². The van der Waals surface area contributed by atoms with Crippen LogP contribution in [0.1, 0.15) is 40.3 Å². The summed E-state index contributed by atoms with van der Waals surface area (Å²) < 4.78 is 34.1. The van der Waals surface area contributed by atoms with Crippen LogP contribution in [0.3, 0.4) is 0 Å². The van der Waals surface area contributed by atoms with E-state index in [-0.39, 0.29) is 12.1 Å². The highest BCUT2D eigenvalue weighted by molar-refractivity contribution is 7.92. The summed E-state index contributed by atoms with van der Waals surface area (Å²) in [5, 5.41) is 4.04. The lowest BCUT2D eigenvalue weighted by molar-refractivity contribution is 0.417. The van der Waals surface area contributed by atoms with Gasteiger partial charge in [0.25, 0.3) is 0 Å². The van der Waals surface area contributed by atoms with Gasteiger partial charge in [0.2, 0.25) is 10.0 Å². The van der Waals surface area contributed by atoms with Gasteiger partial charge in [0.1, 0.15) is 5.75 Å². The fraction of sp³-hybridized carbons (Fsp3) is 0.241. The molecule has 0 radical (unpaired) electrons. The van der Waals surface area contributed by atoms with Gasteiger partial charge in [0.15, 0.2) is 5.11 Å². The highest BCUT2D eigenvalue weighted by Crippen LogP contribution is 2.45. The predicted molar refractivity (Wildman–Crippen MR) is 159 cm³/mol. The number of rotatable bonds is 7. The van der Waals surface area contributed by atoms with Crippen LogP contribution in [0, 0.1) is 20.8 Å². The molecule has 10 heteroatoms. The summed E-state index contributed by atoms with van der Waals surface area (Å²) in [7, 11) is -1.97. The maximum Gasteiger partial charge on any atom is 0.229 e. The summed E-state index contributed by atoms with van der Waals surface area (Å²) in [6.07, 6.45) is 2.89. The molecule has 1 aliphatic heterocycles. The van der Waals surface area contributed by atoms with Crippen molar-refractivity contribution in [2.45, 2.75) is 32.9 Å². The normalized spacial score (nSPS) is 17.3. The topological polar surface area (TPSA) is 88.5 Å². The van der Waals surface area contributed by atoms with E-state index in [2.05, 4.69) is 69.5 Å². The number of hydrogen-bond acceptors (Lipinski definition) is 5. The third-order valence-corrected chi connectivity index (χ3v) is 7.91. The zero-order valence-corrected chi connectivity index (χ0v) is 24.1. The highest BCUT2D eigenvalue weighted by atomic mass is 32.2. The number of ether oxygens (including phenoxy) is 1. The highest BCUT2D eigenvalue weighted by Gasteiger charge is 2.42. The first kappa shape index (κ1) is 26.7. The summed E-state index contributed by atoms with van der Waals surface area (Å²) >= 11 is 5.90. The van der Waals surface area contributed by atoms with Crippen LogP contribution in [0.4, 0.5) is 11.4 Å². The van der Waals surface area contributed by atoms with E-state index >= 15 is 0 Å². The summed E-state index contributed by atoms with van der Waals surface area (Å²) in [4.78, 5) is 6.72. The fourth-order valence-electron chi connectivity index (χ4n) is 5.33. The smallest absolute Gasteiger partial charge is 0.229 e. The van der Waals surface area contributed by atoms with Gasteiger partial charge in [-0.2, -0.15) is 0 Å². The molecule has 0 saturated carbocycles. The second kappa shape index (κ2) is 10.3. The molecule has 0 aliphatic carbocycles. The number of aromatic nitrogens is 2. The zero-order valence-electron chi connectivity index (χ0n) is 22.5. The molecule has 1 aliphatic rings. The first-order chi connectivity index (χ1) is 18.6. The number of thiocarbonyl (C=S) groups is 1. The Morgan fingerprint density at radius 2 is 1.77 bits per heavy atom. The molecule has 5 rings (SSSR count). The number of nitrogens with zero attached hydrogens (tertiary/aromatic N) is 3. The standard InChI is InChI=1S/C29H31N5O3S2/c1-18-10-6-7-12-25(18)33-19(2)16-22(20(33)3)28-27(24-11-8-9-15-30-24)31-29(38)34(28)21-13-14-23(26(17-21)37-4)32-39(5,35)36/h6-17,27-28,32H,1-5H3,(H,31,38)/t27-,28-/m0/s1. The summed E-state index contributed by atoms with van der Waals surface area (Å²) in [5.41, 5.74) is 7.64. The number of hydrogen-bond donors (Lipinski definition) is 2. The minimum atomic E-state index is -3.48. The van der Waals surface area contributed by atoms with Crippen molar-refractivity contribution in [2.24, 2.45) is 0 Å². The zero-order chi connectivity index (χ0) is 27.9. The lowest BCUT2D eigenvalue weighted by atomic mass is 9.96. The third kappa shape index (κ3) is 5.09. The van der Waals surface area contributed by atoms with Gasteiger partial charge in [-0.3, -0.25) is 9.71 Å². The molecule has 0 unspecified atom stereocenters. The van der Waals surface area contributed by atoms with Crippen molar-refractivity contribution in [1.29, 1.82) is 0 Å². The first-order valence-electron chi connectivity index (χ1n) is 12.5. The van der Waals surface area contributed by atoms with Crippen LogP contribution < -0.4 is 19.7 Å². The Balaban J connectivity index is 1.67. The number of aryl methyl sites for hydroxylation is 2. The van der Waals surface area contributed by atoms with Gasteiger partial charge in [-0.15, -0.1) is 0 Å². The van der Waals surface area contributed by atoms with E-state index in [0.29, 0.717) is 16.5 Å². The molecule has 0 bridgehead atoms. The van der Waals surface area contributed by atoms with E-state index in [1.807, 2.05) is 30.3 Å². The van der Waals surface area contributed by atoms with Gasteiger partial charge >= 0.3 is 0 Å². The molecule has 2 N–H and O–H groups in total. The minimum Gasteiger partial charge on any atom is -0.494 e. The van der Waals surface area contributed by atoms with E-state index in [0.717, 1.165) is 40.3 Å². The van der Waals surface area contributed by atoms with Crippen molar-refractivity contribution in [1.82, 2.24) is 14.9 Å². The molecule has 1 saturated heterocycles. The van der Waals surface area contributed by atoms with Crippen LogP contribution in [-0.4, -0.2) is 36.4 Å². The molecule has 3 heterocycles. The molecule has 2 aromatic carbocycles. The van der Waals surface area contributed by atoms with Crippen molar-refractivity contribution >= 4 is 38.7 Å². The van der Waals surface area contributed by atoms with Gasteiger partial charge in [0, 0.05) is 35.0 Å². The molecular weight excluding hydrogens is 530 g/mol. The number of benzene rings is 2. The van der Waals surface area contributed by atoms with Crippen LogP contribution in [0.15, 0.2) is 72.9 Å². The lowest BCUT2D eigenvalue weighted by Gasteiger charge is -2.29. The number of nitrogens with one attached hydrogen (secondary N) is 2. The Kier molecular flexibility index (Phi) is 7.09. The molecule has 2 aromatic heterocycles. The van der Waals surface area contributed by atoms with Crippen LogP contribution in [0.2, 0.25) is 0 Å². The van der Waals surface area contributed by atoms with Crippen molar-refractivity contribution in [3.63, 3.8) is 0 Å². The minimum absolute atomic E-state index is 0.218. The Morgan fingerprint density at radius 3 is 2.44 bits per heavy atom. The second-order valence-electron chi connectivity index (χ2n) is 9.70. The van der Waals surface area contributed by atoms with Crippen molar-refractivity contribution < 1.29 is 13.2 Å². The van der Waals surface area contributed by atoms with E-state index in [1.54, 1.807) is 18.3 Å². The summed E-state index contributed by atoms with van der Waals surface area (Å²) in [6.45, 7) is 6.35. The molecule has 8 nitrogen and oxygen atoms in total. The second-order valence-corrected chi connectivity index (χ2v) is 11.8. The van der Waals surface area contributed by atoms with Crippen LogP contribution >= 0.6 is 12.2 Å². The van der Waals surface area contributed by atoms with E-state index in [9.17, 15) is 8.42 Å². The molecule has 0 amide bonds. The Hall–Kier alpha value is -3.89. The molecule has 2 atom stereocenters. The lowest BCUT2D eigenvalue weighted by Crippen LogP contribution is -2.29. The van der Waals surface area contributed by atoms with Crippen molar-refractivity contribution in [3.05, 3.63) is 101 Å². The average molecular weight is 562 g/mol. The Bertz CT molecular complexity index is 1650. The number of sulfonamides is 1. The van der Waals surface area contributed by atoms with Crippen molar-refractivity contribution in [3.8, 4) is 11.4 Å². The monoisotopic (exact) mass is 561 g/mol. The molecule has 4 aromatic rings. The molecule has 0 spiro atoms. The van der Waals surface area contributed by atoms with Gasteiger partial charge < -0.3 is 19.5 Å². The molecule has 1 fully saturated rings. The summed E-state index contributed by atoms with van der Waals surface area (Å²) in [5.74, 6) is 0.395. The third-order valence-electron chi connectivity index (χ3n) is 7.00. The maximum absolute atomic E-state index is 11.9. The van der Waals surface area contributed by atoms with Crippen molar-refractivity contribution in [2.75, 3.05) is 23.0 Å². The van der Waals surface area contributed by atoms with E-state index < -0.39 is 10.0 Å². The Labute approximate surface area is 234 Å². The van der Waals surface area contributed by atoms with Gasteiger partial charge in [-0.1, -0.05) is 24.3 Å². The number of para-hydroxylation sites is 1. The largest absolute Gasteiger partial charge is 0.494 e. The van der Waals surface area contributed by atoms with Gasteiger partial charge in [-0.05, 0) is 80.5 Å². The number of anilines is 2. The van der Waals surface area contributed by atoms with E-state index in [4.69, 9.17) is 17.0 Å². The first-order valence-corrected chi connectivity index (χ1v) is 14.8. The molecule has 202 valence electrons. The SMILES string of the molecule is COc1cc(N2C(=S)N[C@@H](c3ccccn3)[C@@H]2c2cc(C)n(-c3ccccc3C)c2C)ccc1NS(C)(=O)=O. The predicted octanol–water partition coefficient (Wildman–Crippen LogP) is 5.35. The molecular formula is C29H31N5O3S2. The Morgan fingerprint density at radius 1 is 1.03 bits per heavy atom. The van der Waals surface area contributed by atoms with Crippen LogP contribution in [-0.2, 0) is 10.0 Å². The van der Waals surface area contributed by atoms with E-state index in [1.165, 1.54) is 12.7 Å². The molecule has 39 heavy (non-hydrogen) atoms. The van der Waals surface area contributed by atoms with Crippen LogP contribution in [0.25, 0.3) is 5.69 Å². The van der Waals surface area contributed by atoms with Crippen LogP contribution in [0.5, 0.6) is 5.75 Å². The quantitative estimate of drug-likeness (QED) is 0.294. The maximum atomic E-state index is 11.9. The van der Waals surface area contributed by atoms with Gasteiger partial charge in [0.05, 0.1) is 36.8 Å². The number of pyridine rings is 1. The average Bonchev–Trinajstić information content (AvgIpc) is 3.39.